The van der Waals surface area contributed by atoms with Gasteiger partial charge in [-0.25, -0.2) is 9.59 Å². The van der Waals surface area contributed by atoms with Crippen LogP contribution in [0, 0.1) is 5.92 Å². The number of carboxylic acid groups (broad SMARTS) is 3. The van der Waals surface area contributed by atoms with Gasteiger partial charge in [0.25, 0.3) is 0 Å². The number of allylic oxidation sites excluding steroid dienone is 1. The molecule has 2 rings (SSSR count). The van der Waals surface area contributed by atoms with E-state index >= 15 is 0 Å². The molecule has 0 radical (unpaired) electrons. The molecule has 268 valence electrons. The first-order chi connectivity index (χ1) is 23.3. The molecular weight excluding hydrogens is 632 g/mol. The summed E-state index contributed by atoms with van der Waals surface area (Å²) in [6, 6.07) is 11.7. The molecule has 0 unspecified atom stereocenters. The van der Waals surface area contributed by atoms with Gasteiger partial charge in [-0.3, -0.25) is 14.4 Å². The van der Waals surface area contributed by atoms with Crippen LogP contribution in [0.15, 0.2) is 60.7 Å². The van der Waals surface area contributed by atoms with Crippen molar-refractivity contribution < 1.29 is 49.1 Å². The van der Waals surface area contributed by atoms with E-state index in [2.05, 4.69) is 12.2 Å². The zero-order valence-electron chi connectivity index (χ0n) is 28.1. The van der Waals surface area contributed by atoms with Crippen LogP contribution in [0.4, 0.5) is 5.69 Å². The van der Waals surface area contributed by atoms with Gasteiger partial charge in [0.1, 0.15) is 23.3 Å². The summed E-state index contributed by atoms with van der Waals surface area (Å²) in [6.45, 7) is 2.15. The summed E-state index contributed by atoms with van der Waals surface area (Å²) in [6.07, 6.45) is 11.1. The summed E-state index contributed by atoms with van der Waals surface area (Å²) in [7, 11) is 0. The summed E-state index contributed by atoms with van der Waals surface area (Å²) in [4.78, 5) is 61.1. The van der Waals surface area contributed by atoms with Gasteiger partial charge >= 0.3 is 17.9 Å². The maximum absolute atomic E-state index is 13.4. The number of carboxylic acids is 3. The van der Waals surface area contributed by atoms with E-state index < -0.39 is 47.8 Å². The van der Waals surface area contributed by atoms with Gasteiger partial charge in [0, 0.05) is 24.9 Å². The number of aliphatic hydroxyl groups is 1. The molecule has 12 heteroatoms. The quantitative estimate of drug-likeness (QED) is 0.0412. The molecule has 0 fully saturated rings. The van der Waals surface area contributed by atoms with Gasteiger partial charge < -0.3 is 36.2 Å². The van der Waals surface area contributed by atoms with Crippen LogP contribution in [0.2, 0.25) is 0 Å². The lowest BCUT2D eigenvalue weighted by Crippen LogP contribution is -2.55. The second-order valence-electron chi connectivity index (χ2n) is 12.3. The van der Waals surface area contributed by atoms with Crippen molar-refractivity contribution in [3.05, 3.63) is 66.2 Å². The van der Waals surface area contributed by atoms with Crippen LogP contribution in [-0.2, 0) is 30.4 Å². The minimum Gasteiger partial charge on any atom is -0.481 e. The van der Waals surface area contributed by atoms with E-state index in [1.54, 1.807) is 48.5 Å². The predicted molar refractivity (Wildman–Crippen MR) is 184 cm³/mol. The van der Waals surface area contributed by atoms with Crippen molar-refractivity contribution in [1.82, 2.24) is 5.32 Å². The Morgan fingerprint density at radius 1 is 0.816 bits per heavy atom. The predicted octanol–water partition coefficient (Wildman–Crippen LogP) is 5.91. The summed E-state index contributed by atoms with van der Waals surface area (Å²) in [5.41, 5.74) is 3.74. The highest BCUT2D eigenvalue weighted by Gasteiger charge is 2.49. The number of anilines is 1. The van der Waals surface area contributed by atoms with E-state index in [0.29, 0.717) is 48.4 Å². The number of benzene rings is 2. The van der Waals surface area contributed by atoms with Crippen molar-refractivity contribution >= 4 is 35.3 Å². The van der Waals surface area contributed by atoms with Crippen molar-refractivity contribution in [1.29, 1.82) is 0 Å². The smallest absolute Gasteiger partial charge is 0.337 e. The normalized spacial score (nSPS) is 13.7. The molecule has 12 nitrogen and oxygen atoms in total. The molecule has 0 aliphatic heterocycles. The van der Waals surface area contributed by atoms with Gasteiger partial charge in [0.15, 0.2) is 5.60 Å². The third-order valence-corrected chi connectivity index (χ3v) is 8.15. The number of nitrogens with one attached hydrogen (secondary N) is 1. The topological polar surface area (TPSA) is 214 Å². The molecule has 0 saturated carbocycles. The van der Waals surface area contributed by atoms with Crippen molar-refractivity contribution in [2.45, 2.75) is 108 Å². The van der Waals surface area contributed by atoms with Crippen LogP contribution >= 0.6 is 0 Å². The van der Waals surface area contributed by atoms with E-state index in [-0.39, 0.29) is 12.2 Å². The fourth-order valence-corrected chi connectivity index (χ4v) is 5.30. The zero-order chi connectivity index (χ0) is 36.2. The van der Waals surface area contributed by atoms with Crippen LogP contribution in [0.5, 0.6) is 11.5 Å². The maximum Gasteiger partial charge on any atom is 0.337 e. The monoisotopic (exact) mass is 682 g/mol. The van der Waals surface area contributed by atoms with Crippen LogP contribution < -0.4 is 15.8 Å². The van der Waals surface area contributed by atoms with Crippen molar-refractivity contribution in [2.75, 3.05) is 5.73 Å². The average molecular weight is 683 g/mol. The van der Waals surface area contributed by atoms with E-state index in [4.69, 9.17) is 10.5 Å². The number of unbranched alkanes of at least 4 members (excludes halogenated alkanes) is 8. The van der Waals surface area contributed by atoms with Crippen molar-refractivity contribution in [3.63, 3.8) is 0 Å². The number of nitrogens with two attached hydrogens (primary N) is 1. The molecule has 1 amide bonds. The number of aliphatic carboxylic acids is 3. The zero-order valence-corrected chi connectivity index (χ0v) is 28.1. The van der Waals surface area contributed by atoms with E-state index in [9.17, 15) is 44.4 Å². The number of carbonyl (C=O) groups is 5. The molecule has 3 atom stereocenters. The number of carbonyl (C=O) groups excluding carboxylic acids is 2. The summed E-state index contributed by atoms with van der Waals surface area (Å²) in [5.74, 6) is -6.77. The third-order valence-electron chi connectivity index (χ3n) is 8.15. The Labute approximate surface area is 287 Å². The highest BCUT2D eigenvalue weighted by molar-refractivity contribution is 5.94. The second kappa shape index (κ2) is 21.3. The Bertz CT molecular complexity index is 1390. The van der Waals surface area contributed by atoms with Crippen molar-refractivity contribution in [2.24, 2.45) is 5.92 Å². The fraction of sp³-hybridized carbons (Fsp3) is 0.486. The molecule has 0 spiro atoms. The molecule has 0 saturated heterocycles. The van der Waals surface area contributed by atoms with Gasteiger partial charge in [0.2, 0.25) is 5.91 Å². The van der Waals surface area contributed by atoms with Gasteiger partial charge in [-0.15, -0.1) is 0 Å². The highest BCUT2D eigenvalue weighted by atomic mass is 16.5. The molecule has 0 aliphatic rings. The lowest BCUT2D eigenvalue weighted by atomic mass is 9.82. The third kappa shape index (κ3) is 14.9. The molecule has 2 aromatic carbocycles. The minimum atomic E-state index is -3.03. The molecule has 2 aromatic rings. The first kappa shape index (κ1) is 40.5. The SMILES string of the molecule is CCCCCCCC(=O)CCCCCC/C=C/[C@H](C(=O)N[C@@H](Cc1ccc(Oc2ccc(N)cc2)cc1)C(=O)O)[C@@](O)(CC(=O)O)C(=O)O. The average Bonchev–Trinajstić information content (AvgIpc) is 3.04. The number of amides is 1. The molecule has 0 bridgehead atoms. The Morgan fingerprint density at radius 3 is 1.90 bits per heavy atom. The number of ketones is 1. The Kier molecular flexibility index (Phi) is 17.6. The Hall–Kier alpha value is -4.71. The lowest BCUT2D eigenvalue weighted by molar-refractivity contribution is -0.172. The standard InChI is InChI=1S/C37H50N2O10/c1-2-3-4-7-10-13-28(40)14-11-8-5-6-9-12-15-31(37(48,36(46)47)25-33(41)42)34(43)39-32(35(44)45)24-26-16-20-29(21-17-26)49-30-22-18-27(38)19-23-30/h12,15-23,31-32,48H,2-11,13-14,24-25,38H2,1H3,(H,39,43)(H,41,42)(H,44,45)(H,46,47)/b15-12+/t31-,32+,37+/m1/s1. The molecule has 0 aliphatic carbocycles. The minimum absolute atomic E-state index is 0.189. The Morgan fingerprint density at radius 2 is 1.37 bits per heavy atom. The number of hydrogen-bond donors (Lipinski definition) is 6. The molecule has 7 N–H and O–H groups in total. The van der Waals surface area contributed by atoms with Crippen molar-refractivity contribution in [3.8, 4) is 11.5 Å². The Balaban J connectivity index is 2.01. The summed E-state index contributed by atoms with van der Waals surface area (Å²) in [5, 5.41) is 42.2. The second-order valence-corrected chi connectivity index (χ2v) is 12.3. The van der Waals surface area contributed by atoms with Gasteiger partial charge in [0.05, 0.1) is 12.3 Å². The lowest BCUT2D eigenvalue weighted by Gasteiger charge is -2.29. The molecular formula is C37H50N2O10. The number of ether oxygens (including phenoxy) is 1. The number of Topliss-reactive ketones (excluding diaryl/α,β-unsaturated/α-hetero) is 1. The summed E-state index contributed by atoms with van der Waals surface area (Å²) >= 11 is 0. The van der Waals surface area contributed by atoms with Gasteiger partial charge in [-0.2, -0.15) is 0 Å². The van der Waals surface area contributed by atoms with Gasteiger partial charge in [-0.1, -0.05) is 69.7 Å². The fourth-order valence-electron chi connectivity index (χ4n) is 5.30. The number of rotatable bonds is 25. The van der Waals surface area contributed by atoms with Crippen LogP contribution in [-0.4, -0.2) is 61.7 Å². The van der Waals surface area contributed by atoms with E-state index in [1.165, 1.54) is 12.5 Å². The first-order valence-electron chi connectivity index (χ1n) is 16.9. The van der Waals surface area contributed by atoms with Crippen LogP contribution in [0.3, 0.4) is 0 Å². The summed E-state index contributed by atoms with van der Waals surface area (Å²) < 4.78 is 5.74. The number of nitrogen functional groups attached to an aromatic ring is 1. The molecule has 0 aromatic heterocycles. The van der Waals surface area contributed by atoms with Gasteiger partial charge in [-0.05, 0) is 67.6 Å². The van der Waals surface area contributed by atoms with E-state index in [0.717, 1.165) is 51.0 Å². The first-order valence-corrected chi connectivity index (χ1v) is 16.9. The van der Waals surface area contributed by atoms with Crippen LogP contribution in [0.25, 0.3) is 0 Å². The van der Waals surface area contributed by atoms with E-state index in [1.807, 2.05) is 0 Å². The maximum atomic E-state index is 13.4. The van der Waals surface area contributed by atoms with Crippen LogP contribution in [0.1, 0.15) is 96.0 Å². The number of hydrogen-bond acceptors (Lipinski definition) is 8. The molecule has 49 heavy (non-hydrogen) atoms. The highest BCUT2D eigenvalue weighted by Crippen LogP contribution is 2.26. The largest absolute Gasteiger partial charge is 0.481 e. The molecule has 0 heterocycles.